The largest absolute Gasteiger partial charge is 0.341 e. The molecule has 0 saturated carbocycles. The number of aryl methyl sites for hydroxylation is 1. The molecule has 4 heterocycles. The first-order chi connectivity index (χ1) is 10.8. The third kappa shape index (κ3) is 2.75. The van der Waals surface area contributed by atoms with Crippen LogP contribution in [0.25, 0.3) is 0 Å². The molecule has 2 aliphatic rings. The monoisotopic (exact) mass is 314 g/mol. The number of thiophene rings is 1. The fourth-order valence-electron chi connectivity index (χ4n) is 3.44. The van der Waals surface area contributed by atoms with Crippen LogP contribution in [0.4, 0.5) is 5.95 Å². The molecule has 4 rings (SSSR count). The topological polar surface area (TPSA) is 32.3 Å². The molecular weight excluding hydrogens is 292 g/mol. The predicted molar refractivity (Wildman–Crippen MR) is 90.4 cm³/mol. The minimum atomic E-state index is 0.959. The molecule has 4 nitrogen and oxygen atoms in total. The maximum atomic E-state index is 4.88. The van der Waals surface area contributed by atoms with Gasteiger partial charge in [0.1, 0.15) is 0 Å². The van der Waals surface area contributed by atoms with Gasteiger partial charge in [0.25, 0.3) is 0 Å². The zero-order chi connectivity index (χ0) is 14.9. The summed E-state index contributed by atoms with van der Waals surface area (Å²) < 4.78 is 0. The summed E-state index contributed by atoms with van der Waals surface area (Å²) in [6.07, 6.45) is 3.59. The second-order valence-electron chi connectivity index (χ2n) is 6.27. The Morgan fingerprint density at radius 2 is 2.05 bits per heavy atom. The van der Waals surface area contributed by atoms with E-state index in [1.54, 1.807) is 0 Å². The Balaban J connectivity index is 1.54. The summed E-state index contributed by atoms with van der Waals surface area (Å²) >= 11 is 1.84. The molecule has 0 aliphatic carbocycles. The highest BCUT2D eigenvalue weighted by molar-refractivity contribution is 7.09. The summed E-state index contributed by atoms with van der Waals surface area (Å²) in [6, 6.07) is 4.36. The summed E-state index contributed by atoms with van der Waals surface area (Å²) in [7, 11) is 0. The zero-order valence-electron chi connectivity index (χ0n) is 13.1. The molecule has 0 aromatic carbocycles. The van der Waals surface area contributed by atoms with Gasteiger partial charge in [-0.3, -0.25) is 4.90 Å². The molecule has 0 unspecified atom stereocenters. The van der Waals surface area contributed by atoms with Gasteiger partial charge in [0.2, 0.25) is 5.95 Å². The molecule has 0 radical (unpaired) electrons. The molecule has 1 fully saturated rings. The van der Waals surface area contributed by atoms with Crippen LogP contribution in [0.2, 0.25) is 0 Å². The second kappa shape index (κ2) is 5.97. The summed E-state index contributed by atoms with van der Waals surface area (Å²) in [5.41, 5.74) is 3.80. The molecule has 0 atom stereocenters. The number of nitrogens with zero attached hydrogens (tertiary/aromatic N) is 4. The lowest BCUT2D eigenvalue weighted by atomic mass is 10.0. The summed E-state index contributed by atoms with van der Waals surface area (Å²) in [5.74, 6) is 0.959. The third-order valence-corrected chi connectivity index (χ3v) is 5.54. The van der Waals surface area contributed by atoms with Gasteiger partial charge in [-0.25, -0.2) is 9.97 Å². The van der Waals surface area contributed by atoms with Crippen molar-refractivity contribution in [2.24, 2.45) is 0 Å². The smallest absolute Gasteiger partial charge is 0.225 e. The third-order valence-electron chi connectivity index (χ3n) is 4.68. The fraction of sp³-hybridized carbons (Fsp3) is 0.529. The van der Waals surface area contributed by atoms with E-state index < -0.39 is 0 Å². The van der Waals surface area contributed by atoms with Crippen molar-refractivity contribution < 1.29 is 0 Å². The van der Waals surface area contributed by atoms with Crippen molar-refractivity contribution in [1.29, 1.82) is 0 Å². The van der Waals surface area contributed by atoms with Crippen molar-refractivity contribution in [2.75, 3.05) is 24.5 Å². The standard InChI is InChI=1S/C17H22N4S/c1-13-15-12-20(11-14-5-4-10-22-14)9-6-16(15)19-17(18-13)21-7-2-3-8-21/h4-5,10H,2-3,6-9,11-12H2,1H3. The van der Waals surface area contributed by atoms with E-state index in [4.69, 9.17) is 9.97 Å². The molecule has 2 aromatic rings. The van der Waals surface area contributed by atoms with Crippen LogP contribution < -0.4 is 4.90 Å². The highest BCUT2D eigenvalue weighted by atomic mass is 32.1. The Hall–Kier alpha value is -1.46. The van der Waals surface area contributed by atoms with Crippen molar-refractivity contribution >= 4 is 17.3 Å². The van der Waals surface area contributed by atoms with E-state index in [1.807, 2.05) is 11.3 Å². The van der Waals surface area contributed by atoms with Crippen molar-refractivity contribution in [2.45, 2.75) is 39.3 Å². The van der Waals surface area contributed by atoms with Gasteiger partial charge in [-0.15, -0.1) is 11.3 Å². The molecule has 0 spiro atoms. The number of anilines is 1. The first kappa shape index (κ1) is 14.2. The predicted octanol–water partition coefficient (Wildman–Crippen LogP) is 3.01. The molecule has 0 amide bonds. The summed E-state index contributed by atoms with van der Waals surface area (Å²) in [5, 5.41) is 2.16. The highest BCUT2D eigenvalue weighted by Gasteiger charge is 2.23. The molecular formula is C17H22N4S. The van der Waals surface area contributed by atoms with Crippen LogP contribution in [0.5, 0.6) is 0 Å². The Labute approximate surface area is 135 Å². The van der Waals surface area contributed by atoms with Gasteiger partial charge >= 0.3 is 0 Å². The van der Waals surface area contributed by atoms with E-state index in [1.165, 1.54) is 34.7 Å². The van der Waals surface area contributed by atoms with E-state index >= 15 is 0 Å². The molecule has 2 aromatic heterocycles. The number of rotatable bonds is 3. The Bertz CT molecular complexity index is 647. The van der Waals surface area contributed by atoms with E-state index in [0.717, 1.165) is 45.1 Å². The summed E-state index contributed by atoms with van der Waals surface area (Å²) in [6.45, 7) is 7.50. The maximum Gasteiger partial charge on any atom is 0.225 e. The molecule has 5 heteroatoms. The molecule has 22 heavy (non-hydrogen) atoms. The van der Waals surface area contributed by atoms with Gasteiger partial charge in [-0.2, -0.15) is 0 Å². The quantitative estimate of drug-likeness (QED) is 0.872. The lowest BCUT2D eigenvalue weighted by Gasteiger charge is -2.29. The van der Waals surface area contributed by atoms with Gasteiger partial charge < -0.3 is 4.90 Å². The lowest BCUT2D eigenvalue weighted by molar-refractivity contribution is 0.244. The van der Waals surface area contributed by atoms with Crippen LogP contribution in [-0.4, -0.2) is 34.5 Å². The van der Waals surface area contributed by atoms with Crippen molar-refractivity contribution in [3.8, 4) is 0 Å². The van der Waals surface area contributed by atoms with Crippen LogP contribution >= 0.6 is 11.3 Å². The molecule has 2 aliphatic heterocycles. The fourth-order valence-corrected chi connectivity index (χ4v) is 4.18. The first-order valence-electron chi connectivity index (χ1n) is 8.16. The van der Waals surface area contributed by atoms with E-state index in [-0.39, 0.29) is 0 Å². The number of fused-ring (bicyclic) bond motifs is 1. The van der Waals surface area contributed by atoms with E-state index in [9.17, 15) is 0 Å². The molecule has 0 N–H and O–H groups in total. The SMILES string of the molecule is Cc1nc(N2CCCC2)nc2c1CN(Cc1cccs1)CC2. The minimum Gasteiger partial charge on any atom is -0.341 e. The number of hydrogen-bond donors (Lipinski definition) is 0. The minimum absolute atomic E-state index is 0.959. The maximum absolute atomic E-state index is 4.88. The normalized spacial score (nSPS) is 18.7. The van der Waals surface area contributed by atoms with Crippen molar-refractivity contribution in [3.05, 3.63) is 39.3 Å². The first-order valence-corrected chi connectivity index (χ1v) is 9.03. The number of hydrogen-bond acceptors (Lipinski definition) is 5. The van der Waals surface area contributed by atoms with Crippen LogP contribution in [0.1, 0.15) is 34.7 Å². The van der Waals surface area contributed by atoms with Gasteiger partial charge in [-0.05, 0) is 31.2 Å². The average Bonchev–Trinajstić information content (AvgIpc) is 3.20. The van der Waals surface area contributed by atoms with Crippen molar-refractivity contribution in [1.82, 2.24) is 14.9 Å². The van der Waals surface area contributed by atoms with Crippen molar-refractivity contribution in [3.63, 3.8) is 0 Å². The van der Waals surface area contributed by atoms with Crippen LogP contribution in [0.15, 0.2) is 17.5 Å². The zero-order valence-corrected chi connectivity index (χ0v) is 13.9. The Kier molecular flexibility index (Phi) is 3.84. The molecule has 0 bridgehead atoms. The Morgan fingerprint density at radius 3 is 2.82 bits per heavy atom. The lowest BCUT2D eigenvalue weighted by Crippen LogP contribution is -2.32. The average molecular weight is 314 g/mol. The second-order valence-corrected chi connectivity index (χ2v) is 7.30. The van der Waals surface area contributed by atoms with Crippen LogP contribution in [0, 0.1) is 6.92 Å². The van der Waals surface area contributed by atoms with Crippen LogP contribution in [-0.2, 0) is 19.5 Å². The van der Waals surface area contributed by atoms with Gasteiger partial charge in [0.05, 0.1) is 5.69 Å². The van der Waals surface area contributed by atoms with Gasteiger partial charge in [0.15, 0.2) is 0 Å². The van der Waals surface area contributed by atoms with Gasteiger partial charge in [0, 0.05) is 55.3 Å². The van der Waals surface area contributed by atoms with E-state index in [2.05, 4.69) is 34.2 Å². The van der Waals surface area contributed by atoms with E-state index in [0.29, 0.717) is 0 Å². The van der Waals surface area contributed by atoms with Crippen LogP contribution in [0.3, 0.4) is 0 Å². The molecule has 116 valence electrons. The number of aromatic nitrogens is 2. The summed E-state index contributed by atoms with van der Waals surface area (Å²) in [4.78, 5) is 16.0. The molecule has 1 saturated heterocycles. The Morgan fingerprint density at radius 1 is 1.18 bits per heavy atom. The van der Waals surface area contributed by atoms with Gasteiger partial charge in [-0.1, -0.05) is 6.07 Å². The highest BCUT2D eigenvalue weighted by Crippen LogP contribution is 2.25.